The third kappa shape index (κ3) is 4.34. The molecule has 2 rings (SSSR count). The summed E-state index contributed by atoms with van der Waals surface area (Å²) >= 11 is 0. The van der Waals surface area contributed by atoms with E-state index in [1.54, 1.807) is 42.6 Å². The van der Waals surface area contributed by atoms with Crippen molar-refractivity contribution in [1.82, 2.24) is 4.98 Å². The fourth-order valence-electron chi connectivity index (χ4n) is 1.32. The van der Waals surface area contributed by atoms with Crippen molar-refractivity contribution in [3.05, 3.63) is 48.7 Å². The summed E-state index contributed by atoms with van der Waals surface area (Å²) in [5, 5.41) is 0. The highest BCUT2D eigenvalue weighted by Crippen LogP contribution is 2.37. The van der Waals surface area contributed by atoms with Crippen LogP contribution in [0.15, 0.2) is 53.6 Å². The van der Waals surface area contributed by atoms with E-state index in [1.165, 1.54) is 0 Å². The average Bonchev–Trinajstić information content (AvgIpc) is 2.42. The monoisotopic (exact) mass is 277 g/mol. The minimum atomic E-state index is -2.60. The van der Waals surface area contributed by atoms with Gasteiger partial charge >= 0.3 is 0 Å². The van der Waals surface area contributed by atoms with Gasteiger partial charge in [0.1, 0.15) is 5.82 Å². The molecule has 4 N–H and O–H groups in total. The number of rotatable bonds is 1. The molecule has 0 amide bonds. The first kappa shape index (κ1) is 15.1. The van der Waals surface area contributed by atoms with Crippen molar-refractivity contribution >= 4 is 21.4 Å². The van der Waals surface area contributed by atoms with E-state index >= 15 is 0 Å². The molecule has 0 bridgehead atoms. The van der Waals surface area contributed by atoms with Gasteiger partial charge in [-0.15, -0.1) is 0 Å². The van der Waals surface area contributed by atoms with Crippen LogP contribution in [-0.4, -0.2) is 9.54 Å². The lowest BCUT2D eigenvalue weighted by Gasteiger charge is -2.19. The Morgan fingerprint density at radius 2 is 1.79 bits per heavy atom. The first-order valence-electron chi connectivity index (χ1n) is 5.96. The number of hydrogen-bond donors (Lipinski definition) is 3. The van der Waals surface area contributed by atoms with Gasteiger partial charge in [0.25, 0.3) is 0 Å². The van der Waals surface area contributed by atoms with Crippen LogP contribution in [0.1, 0.15) is 13.8 Å². The Labute approximate surface area is 115 Å². The lowest BCUT2D eigenvalue weighted by Crippen LogP contribution is -2.01. The van der Waals surface area contributed by atoms with Crippen LogP contribution in [0.25, 0.3) is 0 Å². The van der Waals surface area contributed by atoms with Crippen LogP contribution in [0.4, 0.5) is 11.5 Å². The lowest BCUT2D eigenvalue weighted by molar-refractivity contribution is 0.647. The van der Waals surface area contributed by atoms with Crippen LogP contribution in [0.5, 0.6) is 0 Å². The number of aromatic nitrogens is 1. The maximum atomic E-state index is 10.2. The van der Waals surface area contributed by atoms with Crippen LogP contribution in [0.3, 0.4) is 0 Å². The minimum Gasteiger partial charge on any atom is -0.399 e. The van der Waals surface area contributed by atoms with Gasteiger partial charge in [0.15, 0.2) is 0 Å². The molecule has 0 spiro atoms. The van der Waals surface area contributed by atoms with E-state index in [9.17, 15) is 4.55 Å². The molecule has 0 aliphatic carbocycles. The molecule has 0 aliphatic rings. The molecular formula is C14H19N3OS. The van der Waals surface area contributed by atoms with Gasteiger partial charge in [-0.2, -0.15) is 0 Å². The van der Waals surface area contributed by atoms with Gasteiger partial charge in [-0.3, -0.25) is 4.72 Å². The Hall–Kier alpha value is -1.94. The summed E-state index contributed by atoms with van der Waals surface area (Å²) in [5.41, 5.74) is 12.1. The molecule has 1 atom stereocenters. The predicted molar refractivity (Wildman–Crippen MR) is 83.5 cm³/mol. The Balaban J connectivity index is 0.000000861. The van der Waals surface area contributed by atoms with Gasteiger partial charge in [-0.05, 0) is 36.4 Å². The second kappa shape index (κ2) is 6.85. The molecule has 1 aromatic carbocycles. The van der Waals surface area contributed by atoms with Crippen LogP contribution >= 0.6 is 9.90 Å². The van der Waals surface area contributed by atoms with E-state index < -0.39 is 9.90 Å². The van der Waals surface area contributed by atoms with Crippen molar-refractivity contribution in [2.75, 3.05) is 10.5 Å². The Bertz CT molecular complexity index is 599. The smallest absolute Gasteiger partial charge is 0.136 e. The van der Waals surface area contributed by atoms with Crippen molar-refractivity contribution in [2.45, 2.75) is 18.7 Å². The van der Waals surface area contributed by atoms with Crippen molar-refractivity contribution in [3.8, 4) is 5.69 Å². The number of benzene rings is 1. The number of nitrogens with one attached hydrogen (secondary N) is 1. The summed E-state index contributed by atoms with van der Waals surface area (Å²) in [6, 6.07) is 12.1. The minimum absolute atomic E-state index is 0.532. The predicted octanol–water partition coefficient (Wildman–Crippen LogP) is 3.94. The molecule has 1 heterocycles. The molecule has 102 valence electrons. The van der Waals surface area contributed by atoms with Crippen LogP contribution < -0.4 is 10.5 Å². The average molecular weight is 277 g/mol. The number of anilines is 2. The normalized spacial score (nSPS) is 12.7. The summed E-state index contributed by atoms with van der Waals surface area (Å²) in [7, 11) is -2.60. The summed E-state index contributed by atoms with van der Waals surface area (Å²) in [6.07, 6.45) is 1.63. The zero-order chi connectivity index (χ0) is 14.3. The van der Waals surface area contributed by atoms with Crippen LogP contribution in [0, 0.1) is 5.69 Å². The number of nitrogen functional groups attached to an aromatic ring is 1. The Kier molecular flexibility index (Phi) is 5.45. The topological polar surface area (TPSA) is 71.2 Å². The molecule has 2 aromatic rings. The Morgan fingerprint density at radius 3 is 2.32 bits per heavy atom. The van der Waals surface area contributed by atoms with E-state index in [0.717, 1.165) is 0 Å². The van der Waals surface area contributed by atoms with Crippen molar-refractivity contribution in [1.29, 1.82) is 0 Å². The Morgan fingerprint density at radius 1 is 1.16 bits per heavy atom. The number of hydrogen-bond acceptors (Lipinski definition) is 4. The molecule has 0 saturated heterocycles. The quantitative estimate of drug-likeness (QED) is 0.690. The number of nitrogens with two attached hydrogens (primary N) is 1. The van der Waals surface area contributed by atoms with E-state index in [4.69, 9.17) is 11.4 Å². The SMILES string of the molecule is C#S(O)(Nc1ccccn1)c1ccc(N)cc1.CC. The van der Waals surface area contributed by atoms with Gasteiger partial charge in [0.05, 0.1) is 0 Å². The van der Waals surface area contributed by atoms with Gasteiger partial charge in [0.2, 0.25) is 0 Å². The van der Waals surface area contributed by atoms with Crippen LogP contribution in [-0.2, 0) is 0 Å². The fraction of sp³-hybridized carbons (Fsp3) is 0.143. The first-order valence-corrected chi connectivity index (χ1v) is 7.61. The van der Waals surface area contributed by atoms with E-state index in [2.05, 4.69) is 9.71 Å². The van der Waals surface area contributed by atoms with E-state index in [0.29, 0.717) is 16.4 Å². The summed E-state index contributed by atoms with van der Waals surface area (Å²) in [6.45, 7) is 4.00. The molecule has 0 fully saturated rings. The molecule has 19 heavy (non-hydrogen) atoms. The summed E-state index contributed by atoms with van der Waals surface area (Å²) in [4.78, 5) is 4.65. The number of nitrogens with zero attached hydrogens (tertiary/aromatic N) is 1. The maximum absolute atomic E-state index is 10.2. The van der Waals surface area contributed by atoms with E-state index in [1.807, 2.05) is 19.9 Å². The van der Waals surface area contributed by atoms with Crippen LogP contribution in [0.2, 0.25) is 0 Å². The molecule has 0 radical (unpaired) electrons. The van der Waals surface area contributed by atoms with Gasteiger partial charge in [-0.25, -0.2) is 4.98 Å². The maximum Gasteiger partial charge on any atom is 0.136 e. The summed E-state index contributed by atoms with van der Waals surface area (Å²) in [5.74, 6) is 0.532. The molecule has 5 heteroatoms. The summed E-state index contributed by atoms with van der Waals surface area (Å²) < 4.78 is 13.0. The third-order valence-electron chi connectivity index (χ3n) is 2.16. The van der Waals surface area contributed by atoms with Crippen molar-refractivity contribution < 1.29 is 4.55 Å². The highest BCUT2D eigenvalue weighted by molar-refractivity contribution is 8.20. The van der Waals surface area contributed by atoms with Crippen molar-refractivity contribution in [3.63, 3.8) is 0 Å². The number of pyridine rings is 1. The zero-order valence-corrected chi connectivity index (χ0v) is 11.9. The lowest BCUT2D eigenvalue weighted by atomic mass is 10.3. The molecular weight excluding hydrogens is 258 g/mol. The molecule has 1 aromatic heterocycles. The molecule has 0 saturated carbocycles. The van der Waals surface area contributed by atoms with Gasteiger partial charge < -0.3 is 10.3 Å². The molecule has 4 nitrogen and oxygen atoms in total. The van der Waals surface area contributed by atoms with E-state index in [-0.39, 0.29) is 0 Å². The highest BCUT2D eigenvalue weighted by Gasteiger charge is 2.08. The second-order valence-corrected chi connectivity index (χ2v) is 5.44. The van der Waals surface area contributed by atoms with Gasteiger partial charge in [-0.1, -0.05) is 25.6 Å². The zero-order valence-electron chi connectivity index (χ0n) is 11.1. The third-order valence-corrected chi connectivity index (χ3v) is 3.68. The molecule has 0 aliphatic heterocycles. The largest absolute Gasteiger partial charge is 0.399 e. The van der Waals surface area contributed by atoms with Crippen molar-refractivity contribution in [2.24, 2.45) is 0 Å². The standard InChI is InChI=1S/C12H13N3OS.C2H6/c1-17(16,11-7-5-10(13)6-8-11)15-12-4-2-3-9-14-12;1-2/h1-9,16H,13H2,(H,14,15);1-2H3. The first-order chi connectivity index (χ1) is 9.08. The highest BCUT2D eigenvalue weighted by atomic mass is 32.2. The second-order valence-electron chi connectivity index (χ2n) is 3.51. The molecule has 1 unspecified atom stereocenters. The fourth-order valence-corrected chi connectivity index (χ4v) is 2.43. The van der Waals surface area contributed by atoms with Gasteiger partial charge in [0, 0.05) is 26.7 Å².